The SMILES string of the molecule is CN1CCc2cccc(C(F)(F)F)c21. The third-order valence-corrected chi connectivity index (χ3v) is 2.52. The van der Waals surface area contributed by atoms with Crippen molar-refractivity contribution >= 4 is 5.69 Å². The minimum Gasteiger partial charge on any atom is -0.374 e. The van der Waals surface area contributed by atoms with Gasteiger partial charge in [-0.05, 0) is 18.1 Å². The lowest BCUT2D eigenvalue weighted by Gasteiger charge is -2.18. The van der Waals surface area contributed by atoms with Gasteiger partial charge in [0.1, 0.15) is 0 Å². The van der Waals surface area contributed by atoms with Crippen molar-refractivity contribution in [3.63, 3.8) is 0 Å². The Morgan fingerprint density at radius 1 is 1.29 bits per heavy atom. The Labute approximate surface area is 80.1 Å². The molecule has 0 amide bonds. The predicted octanol–water partition coefficient (Wildman–Crippen LogP) is 2.70. The largest absolute Gasteiger partial charge is 0.418 e. The molecule has 76 valence electrons. The Morgan fingerprint density at radius 2 is 2.00 bits per heavy atom. The quantitative estimate of drug-likeness (QED) is 0.623. The van der Waals surface area contributed by atoms with Gasteiger partial charge in [-0.1, -0.05) is 12.1 Å². The van der Waals surface area contributed by atoms with E-state index in [2.05, 4.69) is 0 Å². The Bertz CT molecular complexity index is 357. The molecule has 0 radical (unpaired) electrons. The minimum atomic E-state index is -4.25. The van der Waals surface area contributed by atoms with Crippen LogP contribution >= 0.6 is 0 Å². The van der Waals surface area contributed by atoms with Gasteiger partial charge in [0.05, 0.1) is 11.3 Å². The van der Waals surface area contributed by atoms with E-state index in [1.165, 1.54) is 6.07 Å². The smallest absolute Gasteiger partial charge is 0.374 e. The summed E-state index contributed by atoms with van der Waals surface area (Å²) < 4.78 is 37.8. The summed E-state index contributed by atoms with van der Waals surface area (Å²) in [6, 6.07) is 4.37. The maximum absolute atomic E-state index is 12.6. The molecule has 4 heteroatoms. The van der Waals surface area contributed by atoms with E-state index in [9.17, 15) is 13.2 Å². The van der Waals surface area contributed by atoms with E-state index in [1.54, 1.807) is 18.0 Å². The number of hydrogen-bond donors (Lipinski definition) is 0. The fraction of sp³-hybridized carbons (Fsp3) is 0.400. The number of hydrogen-bond acceptors (Lipinski definition) is 1. The molecule has 2 rings (SSSR count). The van der Waals surface area contributed by atoms with E-state index < -0.39 is 11.7 Å². The molecule has 0 saturated carbocycles. The minimum absolute atomic E-state index is 0.347. The summed E-state index contributed by atoms with van der Waals surface area (Å²) in [4.78, 5) is 1.66. The van der Waals surface area contributed by atoms with Crippen LogP contribution in [0.1, 0.15) is 11.1 Å². The first-order valence-electron chi connectivity index (χ1n) is 4.40. The number of alkyl halides is 3. The Hall–Kier alpha value is -1.19. The Balaban J connectivity index is 2.58. The number of fused-ring (bicyclic) bond motifs is 1. The highest BCUT2D eigenvalue weighted by Crippen LogP contribution is 2.40. The van der Waals surface area contributed by atoms with Gasteiger partial charge in [-0.25, -0.2) is 0 Å². The van der Waals surface area contributed by atoms with Gasteiger partial charge in [-0.15, -0.1) is 0 Å². The van der Waals surface area contributed by atoms with Crippen molar-refractivity contribution in [2.75, 3.05) is 18.5 Å². The van der Waals surface area contributed by atoms with E-state index in [-0.39, 0.29) is 0 Å². The third kappa shape index (κ3) is 1.35. The van der Waals surface area contributed by atoms with Crippen LogP contribution in [0.15, 0.2) is 18.2 Å². The number of para-hydroxylation sites is 1. The third-order valence-electron chi connectivity index (χ3n) is 2.52. The number of likely N-dealkylation sites (N-methyl/N-ethyl adjacent to an activating group) is 1. The van der Waals surface area contributed by atoms with Crippen molar-refractivity contribution in [1.82, 2.24) is 0 Å². The number of rotatable bonds is 0. The van der Waals surface area contributed by atoms with Crippen molar-refractivity contribution < 1.29 is 13.2 Å². The molecule has 1 nitrogen and oxygen atoms in total. The molecule has 0 bridgehead atoms. The van der Waals surface area contributed by atoms with Crippen molar-refractivity contribution in [3.8, 4) is 0 Å². The summed E-state index contributed by atoms with van der Waals surface area (Å²) in [5.74, 6) is 0. The first-order chi connectivity index (χ1) is 6.50. The molecule has 0 N–H and O–H groups in total. The second-order valence-electron chi connectivity index (χ2n) is 3.48. The van der Waals surface area contributed by atoms with E-state index in [1.807, 2.05) is 0 Å². The summed E-state index contributed by atoms with van der Waals surface area (Å²) in [5.41, 5.74) is 0.623. The average Bonchev–Trinajstić information content (AvgIpc) is 2.46. The number of anilines is 1. The zero-order valence-electron chi connectivity index (χ0n) is 7.73. The van der Waals surface area contributed by atoms with E-state index in [0.717, 1.165) is 11.6 Å². The molecular formula is C10H10F3N. The summed E-state index contributed by atoms with van der Waals surface area (Å²) in [7, 11) is 1.70. The summed E-state index contributed by atoms with van der Waals surface area (Å²) in [5, 5.41) is 0. The number of nitrogens with zero attached hydrogens (tertiary/aromatic N) is 1. The van der Waals surface area contributed by atoms with Crippen LogP contribution in [-0.4, -0.2) is 13.6 Å². The Kier molecular flexibility index (Phi) is 1.94. The average molecular weight is 201 g/mol. The molecule has 0 fully saturated rings. The van der Waals surface area contributed by atoms with Crippen molar-refractivity contribution in [2.24, 2.45) is 0 Å². The maximum atomic E-state index is 12.6. The van der Waals surface area contributed by atoms with Crippen LogP contribution in [-0.2, 0) is 12.6 Å². The predicted molar refractivity (Wildman–Crippen MR) is 48.4 cm³/mol. The van der Waals surface area contributed by atoms with Gasteiger partial charge >= 0.3 is 6.18 Å². The summed E-state index contributed by atoms with van der Waals surface area (Å²) >= 11 is 0. The van der Waals surface area contributed by atoms with Crippen LogP contribution in [0.25, 0.3) is 0 Å². The normalized spacial score (nSPS) is 15.9. The van der Waals surface area contributed by atoms with Crippen LogP contribution < -0.4 is 4.90 Å². The molecule has 0 unspecified atom stereocenters. The molecule has 1 aromatic carbocycles. The maximum Gasteiger partial charge on any atom is 0.418 e. The first kappa shape index (κ1) is 9.37. The monoisotopic (exact) mass is 201 g/mol. The summed E-state index contributed by atoms with van der Waals surface area (Å²) in [6.45, 7) is 0.669. The highest BCUT2D eigenvalue weighted by molar-refractivity contribution is 5.63. The molecule has 0 aliphatic carbocycles. The van der Waals surface area contributed by atoms with Gasteiger partial charge in [-0.2, -0.15) is 13.2 Å². The van der Waals surface area contributed by atoms with Crippen LogP contribution in [0.2, 0.25) is 0 Å². The van der Waals surface area contributed by atoms with Crippen LogP contribution in [0, 0.1) is 0 Å². The molecule has 14 heavy (non-hydrogen) atoms. The fourth-order valence-electron chi connectivity index (χ4n) is 1.87. The highest BCUT2D eigenvalue weighted by Gasteiger charge is 2.36. The lowest BCUT2D eigenvalue weighted by molar-refractivity contribution is -0.137. The number of benzene rings is 1. The number of halogens is 3. The standard InChI is InChI=1S/C10H10F3N/c1-14-6-5-7-3-2-4-8(9(7)14)10(11,12)13/h2-4H,5-6H2,1H3. The first-order valence-corrected chi connectivity index (χ1v) is 4.40. The zero-order valence-corrected chi connectivity index (χ0v) is 7.73. The van der Waals surface area contributed by atoms with Crippen molar-refractivity contribution in [1.29, 1.82) is 0 Å². The second-order valence-corrected chi connectivity index (χ2v) is 3.48. The van der Waals surface area contributed by atoms with E-state index >= 15 is 0 Å². The molecule has 1 aromatic rings. The van der Waals surface area contributed by atoms with Crippen molar-refractivity contribution in [3.05, 3.63) is 29.3 Å². The fourth-order valence-corrected chi connectivity index (χ4v) is 1.87. The van der Waals surface area contributed by atoms with E-state index in [0.29, 0.717) is 18.7 Å². The molecule has 0 atom stereocenters. The highest BCUT2D eigenvalue weighted by atomic mass is 19.4. The van der Waals surface area contributed by atoms with Gasteiger partial charge in [0.2, 0.25) is 0 Å². The molecule has 1 aliphatic rings. The molecule has 0 spiro atoms. The molecule has 0 saturated heterocycles. The van der Waals surface area contributed by atoms with Gasteiger partial charge in [-0.3, -0.25) is 0 Å². The van der Waals surface area contributed by atoms with Gasteiger partial charge in [0.15, 0.2) is 0 Å². The van der Waals surface area contributed by atoms with Crippen LogP contribution in [0.5, 0.6) is 0 Å². The lowest BCUT2D eigenvalue weighted by Crippen LogP contribution is -2.17. The van der Waals surface area contributed by atoms with Gasteiger partial charge in [0.25, 0.3) is 0 Å². The molecule has 1 aliphatic heterocycles. The van der Waals surface area contributed by atoms with Crippen molar-refractivity contribution in [2.45, 2.75) is 12.6 Å². The second kappa shape index (κ2) is 2.90. The van der Waals surface area contributed by atoms with Gasteiger partial charge < -0.3 is 4.90 Å². The lowest BCUT2D eigenvalue weighted by atomic mass is 10.1. The molecule has 0 aromatic heterocycles. The van der Waals surface area contributed by atoms with E-state index in [4.69, 9.17) is 0 Å². The zero-order chi connectivity index (χ0) is 10.3. The molecular weight excluding hydrogens is 191 g/mol. The topological polar surface area (TPSA) is 3.24 Å². The van der Waals surface area contributed by atoms with Crippen LogP contribution in [0.4, 0.5) is 18.9 Å². The Morgan fingerprint density at radius 3 is 2.64 bits per heavy atom. The van der Waals surface area contributed by atoms with Crippen LogP contribution in [0.3, 0.4) is 0 Å². The van der Waals surface area contributed by atoms with Gasteiger partial charge in [0, 0.05) is 13.6 Å². The molecule has 1 heterocycles. The summed E-state index contributed by atoms with van der Waals surface area (Å²) in [6.07, 6.45) is -3.54.